The molecule has 2 atom stereocenters. The molecule has 0 bridgehead atoms. The van der Waals surface area contributed by atoms with Gasteiger partial charge in [0.25, 0.3) is 0 Å². The van der Waals surface area contributed by atoms with Crippen LogP contribution in [0, 0.1) is 12.3 Å². The fourth-order valence-corrected chi connectivity index (χ4v) is 5.36. The molecule has 196 valence electrons. The number of amides is 1. The van der Waals surface area contributed by atoms with Crippen molar-refractivity contribution in [3.8, 4) is 17.1 Å². The van der Waals surface area contributed by atoms with Crippen molar-refractivity contribution < 1.29 is 28.3 Å². The first-order chi connectivity index (χ1) is 17.3. The van der Waals surface area contributed by atoms with Gasteiger partial charge in [-0.25, -0.2) is 4.79 Å². The first kappa shape index (κ1) is 26.0. The highest BCUT2D eigenvalue weighted by atomic mass is 16.6. The molecule has 8 heteroatoms. The van der Waals surface area contributed by atoms with Crippen LogP contribution in [0.5, 0.6) is 5.75 Å². The average Bonchev–Trinajstić information content (AvgIpc) is 3.53. The number of benzene rings is 1. The van der Waals surface area contributed by atoms with Gasteiger partial charge in [0.15, 0.2) is 5.76 Å². The number of carbonyl (C=O) groups excluding carboxylic acids is 2. The molecule has 1 heterocycles. The smallest absolute Gasteiger partial charge is 0.410 e. The van der Waals surface area contributed by atoms with Gasteiger partial charge in [-0.2, -0.15) is 0 Å². The summed E-state index contributed by atoms with van der Waals surface area (Å²) >= 11 is 0. The Morgan fingerprint density at radius 1 is 1.11 bits per heavy atom. The molecule has 1 amide bonds. The second kappa shape index (κ2) is 11.4. The molecule has 0 saturated heterocycles. The van der Waals surface area contributed by atoms with E-state index >= 15 is 0 Å². The minimum Gasteiger partial charge on any atom is -0.490 e. The molecule has 0 aliphatic heterocycles. The maximum absolute atomic E-state index is 12.5. The summed E-state index contributed by atoms with van der Waals surface area (Å²) in [6.07, 6.45) is 7.29. The van der Waals surface area contributed by atoms with Gasteiger partial charge in [-0.1, -0.05) is 18.0 Å². The molecule has 2 aromatic rings. The average molecular weight is 499 g/mol. The monoisotopic (exact) mass is 498 g/mol. The van der Waals surface area contributed by atoms with Gasteiger partial charge in [0, 0.05) is 25.1 Å². The van der Waals surface area contributed by atoms with Gasteiger partial charge in [0.05, 0.1) is 29.4 Å². The minimum absolute atomic E-state index is 0.0432. The van der Waals surface area contributed by atoms with E-state index in [1.54, 1.807) is 11.9 Å². The molecule has 2 aliphatic carbocycles. The molecule has 2 aliphatic rings. The van der Waals surface area contributed by atoms with Crippen LogP contribution in [0.1, 0.15) is 76.5 Å². The van der Waals surface area contributed by atoms with Gasteiger partial charge in [-0.05, 0) is 77.1 Å². The maximum atomic E-state index is 12.5. The third kappa shape index (κ3) is 5.85. The van der Waals surface area contributed by atoms with E-state index < -0.39 is 5.41 Å². The Bertz CT molecular complexity index is 1040. The molecule has 1 aromatic carbocycles. The van der Waals surface area contributed by atoms with Gasteiger partial charge >= 0.3 is 12.1 Å². The van der Waals surface area contributed by atoms with E-state index in [9.17, 15) is 9.59 Å². The van der Waals surface area contributed by atoms with Crippen molar-refractivity contribution in [2.45, 2.75) is 90.9 Å². The topological polar surface area (TPSA) is 91.1 Å². The summed E-state index contributed by atoms with van der Waals surface area (Å²) < 4.78 is 22.7. The Hall–Kier alpha value is -3.03. The Morgan fingerprint density at radius 3 is 2.53 bits per heavy atom. The number of nitrogens with zero attached hydrogens (tertiary/aromatic N) is 2. The zero-order valence-electron chi connectivity index (χ0n) is 21.9. The molecule has 0 radical (unpaired) electrons. The van der Waals surface area contributed by atoms with Crippen molar-refractivity contribution in [1.29, 1.82) is 0 Å². The number of carbonyl (C=O) groups is 2. The van der Waals surface area contributed by atoms with E-state index in [0.29, 0.717) is 24.5 Å². The molecular weight excluding hydrogens is 460 g/mol. The molecule has 36 heavy (non-hydrogen) atoms. The lowest BCUT2D eigenvalue weighted by atomic mass is 9.74. The summed E-state index contributed by atoms with van der Waals surface area (Å²) in [5.74, 6) is 1.18. The van der Waals surface area contributed by atoms with E-state index in [1.165, 1.54) is 0 Å². The van der Waals surface area contributed by atoms with Crippen LogP contribution in [0.25, 0.3) is 11.3 Å². The lowest BCUT2D eigenvalue weighted by Gasteiger charge is -2.36. The van der Waals surface area contributed by atoms with E-state index in [1.807, 2.05) is 45.0 Å². The van der Waals surface area contributed by atoms with Gasteiger partial charge in [0.2, 0.25) is 0 Å². The van der Waals surface area contributed by atoms with E-state index in [-0.39, 0.29) is 30.8 Å². The molecular formula is C28H38N2O6. The van der Waals surface area contributed by atoms with E-state index in [0.717, 1.165) is 61.8 Å². The van der Waals surface area contributed by atoms with Crippen molar-refractivity contribution in [3.63, 3.8) is 0 Å². The molecule has 4 rings (SSSR count). The number of esters is 1. The van der Waals surface area contributed by atoms with Crippen LogP contribution < -0.4 is 4.74 Å². The summed E-state index contributed by atoms with van der Waals surface area (Å²) in [6.45, 7) is 6.14. The summed E-state index contributed by atoms with van der Waals surface area (Å²) in [5, 5.41) is 4.10. The van der Waals surface area contributed by atoms with Crippen LogP contribution in [0.2, 0.25) is 0 Å². The number of hydrogen-bond acceptors (Lipinski definition) is 7. The molecule has 0 unspecified atom stereocenters. The predicted molar refractivity (Wildman–Crippen MR) is 135 cm³/mol. The van der Waals surface area contributed by atoms with Crippen LogP contribution in [0.15, 0.2) is 28.8 Å². The third-order valence-corrected chi connectivity index (χ3v) is 7.61. The van der Waals surface area contributed by atoms with Crippen molar-refractivity contribution in [2.24, 2.45) is 5.41 Å². The van der Waals surface area contributed by atoms with Crippen LogP contribution in [0.3, 0.4) is 0 Å². The van der Waals surface area contributed by atoms with Crippen molar-refractivity contribution in [1.82, 2.24) is 10.1 Å². The van der Waals surface area contributed by atoms with E-state index in [4.69, 9.17) is 18.7 Å². The zero-order chi connectivity index (χ0) is 25.7. The molecule has 0 N–H and O–H groups in total. The Balaban J connectivity index is 1.38. The molecule has 1 aromatic heterocycles. The van der Waals surface area contributed by atoms with Crippen LogP contribution >= 0.6 is 0 Å². The van der Waals surface area contributed by atoms with Crippen molar-refractivity contribution >= 4 is 12.1 Å². The van der Waals surface area contributed by atoms with Gasteiger partial charge in [-0.3, -0.25) is 4.79 Å². The highest BCUT2D eigenvalue weighted by Gasteiger charge is 2.40. The van der Waals surface area contributed by atoms with Gasteiger partial charge in [-0.15, -0.1) is 0 Å². The van der Waals surface area contributed by atoms with Crippen molar-refractivity contribution in [3.05, 3.63) is 35.5 Å². The number of hydrogen-bond donors (Lipinski definition) is 0. The summed E-state index contributed by atoms with van der Waals surface area (Å²) in [5.41, 5.74) is 1.78. The number of aryl methyl sites for hydroxylation is 1. The standard InChI is InChI=1S/C28H38N2O6/c1-5-33-26(31)28(3)16-8-11-23(17-28)35-22-14-12-20(13-15-22)25-24(19(2)29-36-25)18-34-27(32)30(4)21-9-6-7-10-21/h12-15,21,23H,5-11,16-18H2,1-4H3/t23-,28-/m0/s1. The summed E-state index contributed by atoms with van der Waals surface area (Å²) in [6, 6.07) is 7.88. The van der Waals surface area contributed by atoms with Crippen LogP contribution in [-0.2, 0) is 20.9 Å². The fourth-order valence-electron chi connectivity index (χ4n) is 5.36. The zero-order valence-corrected chi connectivity index (χ0v) is 21.9. The molecule has 8 nitrogen and oxygen atoms in total. The Kier molecular flexibility index (Phi) is 8.21. The minimum atomic E-state index is -0.506. The molecule has 0 spiro atoms. The van der Waals surface area contributed by atoms with Gasteiger partial charge in [0.1, 0.15) is 12.4 Å². The third-order valence-electron chi connectivity index (χ3n) is 7.61. The van der Waals surface area contributed by atoms with Gasteiger partial charge < -0.3 is 23.6 Å². The highest BCUT2D eigenvalue weighted by molar-refractivity contribution is 5.76. The first-order valence-corrected chi connectivity index (χ1v) is 13.1. The Morgan fingerprint density at radius 2 is 1.83 bits per heavy atom. The first-order valence-electron chi connectivity index (χ1n) is 13.1. The summed E-state index contributed by atoms with van der Waals surface area (Å²) in [7, 11) is 1.81. The quantitative estimate of drug-likeness (QED) is 0.409. The van der Waals surface area contributed by atoms with Crippen LogP contribution in [0.4, 0.5) is 4.79 Å². The number of rotatable bonds is 8. The van der Waals surface area contributed by atoms with E-state index in [2.05, 4.69) is 5.16 Å². The SMILES string of the molecule is CCOC(=O)[C@@]1(C)CCC[C@H](Oc2ccc(-c3onc(C)c3COC(=O)N(C)C3CCCC3)cc2)C1. The normalized spacial score (nSPS) is 22.3. The Labute approximate surface area is 213 Å². The highest BCUT2D eigenvalue weighted by Crippen LogP contribution is 2.39. The molecule has 2 fully saturated rings. The van der Waals surface area contributed by atoms with Crippen molar-refractivity contribution in [2.75, 3.05) is 13.7 Å². The number of aromatic nitrogens is 1. The lowest BCUT2D eigenvalue weighted by molar-refractivity contribution is -0.158. The molecule has 2 saturated carbocycles. The number of ether oxygens (including phenoxy) is 3. The predicted octanol–water partition coefficient (Wildman–Crippen LogP) is 6.05. The lowest BCUT2D eigenvalue weighted by Crippen LogP contribution is -2.39. The van der Waals surface area contributed by atoms with Crippen LogP contribution in [-0.4, -0.2) is 47.9 Å². The second-order valence-electron chi connectivity index (χ2n) is 10.3. The maximum Gasteiger partial charge on any atom is 0.410 e. The second-order valence-corrected chi connectivity index (χ2v) is 10.3. The largest absolute Gasteiger partial charge is 0.490 e. The fraction of sp³-hybridized carbons (Fsp3) is 0.607. The summed E-state index contributed by atoms with van der Waals surface area (Å²) in [4.78, 5) is 26.7.